The van der Waals surface area contributed by atoms with Crippen LogP contribution in [0.3, 0.4) is 0 Å². The van der Waals surface area contributed by atoms with Crippen molar-refractivity contribution in [2.45, 2.75) is 45.6 Å². The number of aromatic hydroxyl groups is 1. The summed E-state index contributed by atoms with van der Waals surface area (Å²) in [6.07, 6.45) is 3.70. The molecule has 4 heterocycles. The van der Waals surface area contributed by atoms with Gasteiger partial charge in [-0.3, -0.25) is 4.98 Å². The molecule has 168 valence electrons. The molecule has 32 heavy (non-hydrogen) atoms. The molecule has 3 aromatic heterocycles. The smallest absolute Gasteiger partial charge is 0.141 e. The zero-order valence-corrected chi connectivity index (χ0v) is 18.9. The van der Waals surface area contributed by atoms with E-state index in [1.807, 2.05) is 26.1 Å². The molecule has 1 atom stereocenters. The van der Waals surface area contributed by atoms with Gasteiger partial charge in [0, 0.05) is 37.2 Å². The van der Waals surface area contributed by atoms with Gasteiger partial charge in [-0.15, -0.1) is 0 Å². The lowest BCUT2D eigenvalue weighted by atomic mass is 9.99. The van der Waals surface area contributed by atoms with Crippen LogP contribution in [0.4, 0.5) is 0 Å². The Bertz CT molecular complexity index is 1270. The van der Waals surface area contributed by atoms with Crippen LogP contribution in [0.2, 0.25) is 0 Å². The molecule has 8 nitrogen and oxygen atoms in total. The predicted molar refractivity (Wildman–Crippen MR) is 121 cm³/mol. The minimum absolute atomic E-state index is 0.0813. The number of methoxy groups -OCH3 is 1. The number of imidazole rings is 1. The number of pyridine rings is 1. The van der Waals surface area contributed by atoms with Gasteiger partial charge in [0.1, 0.15) is 22.9 Å². The van der Waals surface area contributed by atoms with Gasteiger partial charge >= 0.3 is 0 Å². The monoisotopic (exact) mass is 436 g/mol. The molecule has 0 spiro atoms. The molecule has 0 amide bonds. The SMILES string of the molecule is COCC(C)n1c(C2CCOCC2)nc2cnc3cc(-c4c(C)noc4C)c(O)cc3c21. The molecule has 5 rings (SSSR count). The van der Waals surface area contributed by atoms with Crippen molar-refractivity contribution in [1.29, 1.82) is 0 Å². The molecule has 1 aliphatic heterocycles. The van der Waals surface area contributed by atoms with Crippen LogP contribution in [-0.4, -0.2) is 51.7 Å². The Hall–Kier alpha value is -2.97. The number of benzene rings is 1. The Morgan fingerprint density at radius 3 is 2.69 bits per heavy atom. The molecule has 1 aromatic carbocycles. The number of rotatable bonds is 5. The summed E-state index contributed by atoms with van der Waals surface area (Å²) in [4.78, 5) is 9.69. The van der Waals surface area contributed by atoms with Gasteiger partial charge in [-0.25, -0.2) is 4.98 Å². The third-order valence-electron chi connectivity index (χ3n) is 6.40. The van der Waals surface area contributed by atoms with Crippen LogP contribution in [0.5, 0.6) is 5.75 Å². The molecule has 0 saturated carbocycles. The Morgan fingerprint density at radius 2 is 2.00 bits per heavy atom. The van der Waals surface area contributed by atoms with Gasteiger partial charge in [-0.2, -0.15) is 0 Å². The molecule has 1 fully saturated rings. The Balaban J connectivity index is 1.76. The zero-order valence-electron chi connectivity index (χ0n) is 18.9. The van der Waals surface area contributed by atoms with Crippen LogP contribution in [-0.2, 0) is 9.47 Å². The highest BCUT2D eigenvalue weighted by atomic mass is 16.5. The third kappa shape index (κ3) is 3.34. The van der Waals surface area contributed by atoms with E-state index in [9.17, 15) is 5.11 Å². The van der Waals surface area contributed by atoms with Gasteiger partial charge in [0.25, 0.3) is 0 Å². The van der Waals surface area contributed by atoms with Crippen LogP contribution in [0.15, 0.2) is 22.9 Å². The normalized spacial score (nSPS) is 16.2. The topological polar surface area (TPSA) is 95.4 Å². The number of nitrogens with zero attached hydrogens (tertiary/aromatic N) is 4. The van der Waals surface area contributed by atoms with E-state index < -0.39 is 0 Å². The number of phenolic OH excluding ortho intramolecular Hbond substituents is 1. The van der Waals surface area contributed by atoms with Crippen LogP contribution >= 0.6 is 0 Å². The second-order valence-electron chi connectivity index (χ2n) is 8.61. The van der Waals surface area contributed by atoms with Crippen molar-refractivity contribution < 1.29 is 19.1 Å². The summed E-state index contributed by atoms with van der Waals surface area (Å²) < 4.78 is 18.7. The van der Waals surface area contributed by atoms with E-state index in [2.05, 4.69) is 16.6 Å². The first-order chi connectivity index (χ1) is 15.5. The largest absolute Gasteiger partial charge is 0.507 e. The maximum Gasteiger partial charge on any atom is 0.141 e. The first-order valence-electron chi connectivity index (χ1n) is 11.0. The summed E-state index contributed by atoms with van der Waals surface area (Å²) in [5.74, 6) is 2.19. The fourth-order valence-corrected chi connectivity index (χ4v) is 4.90. The van der Waals surface area contributed by atoms with Crippen molar-refractivity contribution in [2.24, 2.45) is 0 Å². The minimum atomic E-state index is 0.0813. The van der Waals surface area contributed by atoms with Gasteiger partial charge < -0.3 is 23.7 Å². The van der Waals surface area contributed by atoms with Gasteiger partial charge in [-0.05, 0) is 45.7 Å². The van der Waals surface area contributed by atoms with E-state index in [1.54, 1.807) is 13.2 Å². The molecule has 1 saturated heterocycles. The van der Waals surface area contributed by atoms with Crippen LogP contribution in [0.25, 0.3) is 33.1 Å². The Labute approximate surface area is 186 Å². The molecule has 1 unspecified atom stereocenters. The second-order valence-corrected chi connectivity index (χ2v) is 8.61. The first kappa shape index (κ1) is 20.9. The van der Waals surface area contributed by atoms with E-state index >= 15 is 0 Å². The first-order valence-corrected chi connectivity index (χ1v) is 11.0. The van der Waals surface area contributed by atoms with Gasteiger partial charge in [0.15, 0.2) is 0 Å². The second kappa shape index (κ2) is 8.18. The average molecular weight is 437 g/mol. The molecule has 1 N–H and O–H groups in total. The predicted octanol–water partition coefficient (Wildman–Crippen LogP) is 4.66. The highest BCUT2D eigenvalue weighted by molar-refractivity contribution is 6.05. The average Bonchev–Trinajstić information content (AvgIpc) is 3.34. The lowest BCUT2D eigenvalue weighted by Crippen LogP contribution is -2.21. The van der Waals surface area contributed by atoms with Crippen LogP contribution < -0.4 is 0 Å². The number of aryl methyl sites for hydroxylation is 2. The maximum atomic E-state index is 11.0. The lowest BCUT2D eigenvalue weighted by Gasteiger charge is -2.25. The quantitative estimate of drug-likeness (QED) is 0.486. The van der Waals surface area contributed by atoms with E-state index in [1.165, 1.54) is 0 Å². The molecular weight excluding hydrogens is 408 g/mol. The maximum absolute atomic E-state index is 11.0. The summed E-state index contributed by atoms with van der Waals surface area (Å²) in [6, 6.07) is 3.78. The number of hydrogen-bond donors (Lipinski definition) is 1. The zero-order chi connectivity index (χ0) is 22.4. The summed E-state index contributed by atoms with van der Waals surface area (Å²) in [5.41, 5.74) is 4.79. The molecule has 8 heteroatoms. The molecule has 0 bridgehead atoms. The Kier molecular flexibility index (Phi) is 5.35. The highest BCUT2D eigenvalue weighted by Gasteiger charge is 2.27. The number of ether oxygens (including phenoxy) is 2. The van der Waals surface area contributed by atoms with Gasteiger partial charge in [0.2, 0.25) is 0 Å². The van der Waals surface area contributed by atoms with Crippen molar-refractivity contribution in [3.05, 3.63) is 35.6 Å². The van der Waals surface area contributed by atoms with E-state index in [0.29, 0.717) is 23.8 Å². The standard InChI is InChI=1S/C24H28N4O4/c1-13(12-30-4)28-23-17-10-21(29)18(22-14(2)27-32-15(22)3)9-19(17)25-11-20(23)26-24(28)16-5-7-31-8-6-16/h9-11,13,16,29H,5-8,12H2,1-4H3. The van der Waals surface area contributed by atoms with Crippen molar-refractivity contribution in [3.8, 4) is 16.9 Å². The van der Waals surface area contributed by atoms with E-state index in [0.717, 1.165) is 65.1 Å². The van der Waals surface area contributed by atoms with E-state index in [4.69, 9.17) is 24.0 Å². The minimum Gasteiger partial charge on any atom is -0.507 e. The number of fused-ring (bicyclic) bond motifs is 3. The molecule has 0 radical (unpaired) electrons. The fraction of sp³-hybridized carbons (Fsp3) is 0.458. The summed E-state index contributed by atoms with van der Waals surface area (Å²) >= 11 is 0. The summed E-state index contributed by atoms with van der Waals surface area (Å²) in [7, 11) is 1.71. The fourth-order valence-electron chi connectivity index (χ4n) is 4.90. The molecule has 4 aromatic rings. The molecule has 0 aliphatic carbocycles. The number of hydrogen-bond acceptors (Lipinski definition) is 7. The summed E-state index contributed by atoms with van der Waals surface area (Å²) in [5, 5.41) is 15.9. The van der Waals surface area contributed by atoms with Crippen molar-refractivity contribution in [2.75, 3.05) is 26.9 Å². The van der Waals surface area contributed by atoms with Crippen LogP contribution in [0.1, 0.15) is 49.0 Å². The van der Waals surface area contributed by atoms with Crippen molar-refractivity contribution in [3.63, 3.8) is 0 Å². The van der Waals surface area contributed by atoms with Gasteiger partial charge in [-0.1, -0.05) is 5.16 Å². The van der Waals surface area contributed by atoms with Crippen molar-refractivity contribution >= 4 is 21.9 Å². The van der Waals surface area contributed by atoms with Crippen molar-refractivity contribution in [1.82, 2.24) is 19.7 Å². The Morgan fingerprint density at radius 1 is 1.22 bits per heavy atom. The lowest BCUT2D eigenvalue weighted by molar-refractivity contribution is 0.0817. The summed E-state index contributed by atoms with van der Waals surface area (Å²) in [6.45, 7) is 7.90. The van der Waals surface area contributed by atoms with E-state index in [-0.39, 0.29) is 11.8 Å². The molecular formula is C24H28N4O4. The molecule has 1 aliphatic rings. The van der Waals surface area contributed by atoms with Crippen LogP contribution in [0, 0.1) is 13.8 Å². The number of phenols is 1. The third-order valence-corrected chi connectivity index (χ3v) is 6.40. The highest BCUT2D eigenvalue weighted by Crippen LogP contribution is 2.40. The number of aromatic nitrogens is 4. The van der Waals surface area contributed by atoms with Gasteiger partial charge in [0.05, 0.1) is 41.1 Å².